The molecule has 0 unspecified atom stereocenters. The number of imide groups is 1. The average molecular weight is 526 g/mol. The summed E-state index contributed by atoms with van der Waals surface area (Å²) in [6.07, 6.45) is 1.95. The molecule has 0 radical (unpaired) electrons. The fourth-order valence-electron chi connectivity index (χ4n) is 3.97. The van der Waals surface area contributed by atoms with Gasteiger partial charge in [-0.25, -0.2) is 4.90 Å². The second-order valence-electron chi connectivity index (χ2n) is 8.64. The highest BCUT2D eigenvalue weighted by Crippen LogP contribution is 2.22. The number of ether oxygens (including phenoxy) is 1. The van der Waals surface area contributed by atoms with Gasteiger partial charge in [0.2, 0.25) is 5.91 Å². The minimum absolute atomic E-state index is 0.0994. The molecule has 0 aliphatic carbocycles. The number of non-ortho nitro benzene ring substituents is 1. The van der Waals surface area contributed by atoms with E-state index in [1.165, 1.54) is 24.3 Å². The predicted octanol–water partition coefficient (Wildman–Crippen LogP) is 1.03. The summed E-state index contributed by atoms with van der Waals surface area (Å²) in [5, 5.41) is 26.9. The summed E-state index contributed by atoms with van der Waals surface area (Å²) in [5.41, 5.74) is 5.22. The fourth-order valence-corrected chi connectivity index (χ4v) is 3.97. The predicted molar refractivity (Wildman–Crippen MR) is 140 cm³/mol. The van der Waals surface area contributed by atoms with Gasteiger partial charge in [-0.2, -0.15) is 0 Å². The van der Waals surface area contributed by atoms with Crippen LogP contribution in [0.5, 0.6) is 5.75 Å². The van der Waals surface area contributed by atoms with Crippen LogP contribution in [0, 0.1) is 15.5 Å². The van der Waals surface area contributed by atoms with Crippen molar-refractivity contribution in [3.8, 4) is 5.75 Å². The number of nitrogens with one attached hydrogen (secondary N) is 4. The van der Waals surface area contributed by atoms with Crippen molar-refractivity contribution in [3.05, 3.63) is 64.7 Å². The number of para-hydroxylation sites is 1. The number of hydrogen-bond donors (Lipinski definition) is 5. The molecule has 1 heterocycles. The van der Waals surface area contributed by atoms with Gasteiger partial charge in [0.25, 0.3) is 17.5 Å². The molecule has 13 heteroatoms. The maximum atomic E-state index is 13.8. The first-order valence-electron chi connectivity index (χ1n) is 12.2. The molecule has 2 aromatic rings. The largest absolute Gasteiger partial charge is 0.484 e. The van der Waals surface area contributed by atoms with Crippen molar-refractivity contribution in [1.82, 2.24) is 16.0 Å². The first-order chi connectivity index (χ1) is 18.3. The number of hydrogen-bond acceptors (Lipinski definition) is 8. The van der Waals surface area contributed by atoms with Gasteiger partial charge in [0.15, 0.2) is 12.6 Å². The highest BCUT2D eigenvalue weighted by molar-refractivity contribution is 6.17. The Hall–Kier alpha value is -4.52. The number of guanidine groups is 1. The highest BCUT2D eigenvalue weighted by atomic mass is 16.6. The van der Waals surface area contributed by atoms with E-state index >= 15 is 0 Å². The van der Waals surface area contributed by atoms with Crippen molar-refractivity contribution in [2.45, 2.75) is 37.8 Å². The zero-order valence-electron chi connectivity index (χ0n) is 20.7. The molecule has 0 saturated carbocycles. The molecule has 6 N–H and O–H groups in total. The number of anilines is 1. The monoisotopic (exact) mass is 525 g/mol. The van der Waals surface area contributed by atoms with Crippen LogP contribution in [-0.2, 0) is 14.4 Å². The molecule has 1 saturated heterocycles. The Morgan fingerprint density at radius 2 is 1.89 bits per heavy atom. The van der Waals surface area contributed by atoms with Crippen LogP contribution in [0.15, 0.2) is 54.6 Å². The lowest BCUT2D eigenvalue weighted by molar-refractivity contribution is -0.384. The summed E-state index contributed by atoms with van der Waals surface area (Å²) in [7, 11) is 0. The van der Waals surface area contributed by atoms with Gasteiger partial charge < -0.3 is 26.4 Å². The Bertz CT molecular complexity index is 1140. The zero-order chi connectivity index (χ0) is 27.5. The molecule has 2 aromatic carbocycles. The minimum Gasteiger partial charge on any atom is -0.484 e. The molecule has 1 aliphatic heterocycles. The van der Waals surface area contributed by atoms with Crippen LogP contribution in [0.3, 0.4) is 0 Å². The smallest absolute Gasteiger partial charge is 0.271 e. The summed E-state index contributed by atoms with van der Waals surface area (Å²) >= 11 is 0. The van der Waals surface area contributed by atoms with Gasteiger partial charge in [0.05, 0.1) is 16.7 Å². The molecule has 0 bridgehead atoms. The average Bonchev–Trinajstić information content (AvgIpc) is 3.45. The molecule has 0 aromatic heterocycles. The molecular formula is C25H31N7O6. The van der Waals surface area contributed by atoms with Gasteiger partial charge in [-0.3, -0.25) is 29.9 Å². The first-order valence-corrected chi connectivity index (χ1v) is 12.2. The second-order valence-corrected chi connectivity index (χ2v) is 8.64. The van der Waals surface area contributed by atoms with Crippen molar-refractivity contribution in [2.24, 2.45) is 5.73 Å². The Morgan fingerprint density at radius 1 is 1.18 bits per heavy atom. The minimum atomic E-state index is -1.09. The Morgan fingerprint density at radius 3 is 2.50 bits per heavy atom. The van der Waals surface area contributed by atoms with E-state index in [1.807, 2.05) is 0 Å². The van der Waals surface area contributed by atoms with E-state index in [0.29, 0.717) is 25.1 Å². The van der Waals surface area contributed by atoms with Crippen molar-refractivity contribution in [3.63, 3.8) is 0 Å². The molecule has 3 amide bonds. The summed E-state index contributed by atoms with van der Waals surface area (Å²) in [5.74, 6) is -1.60. The van der Waals surface area contributed by atoms with E-state index in [1.54, 1.807) is 30.3 Å². The summed E-state index contributed by atoms with van der Waals surface area (Å²) in [6.45, 7) is 0.478. The maximum Gasteiger partial charge on any atom is 0.271 e. The molecule has 2 atom stereocenters. The fraction of sp³-hybridized carbons (Fsp3) is 0.360. The van der Waals surface area contributed by atoms with Crippen molar-refractivity contribution in [2.75, 3.05) is 24.6 Å². The Kier molecular flexibility index (Phi) is 10.1. The molecule has 3 rings (SSSR count). The molecule has 202 valence electrons. The summed E-state index contributed by atoms with van der Waals surface area (Å²) < 4.78 is 5.55. The summed E-state index contributed by atoms with van der Waals surface area (Å²) in [4.78, 5) is 51.4. The number of amides is 3. The quantitative estimate of drug-likeness (QED) is 0.0885. The number of nitro benzene ring substituents is 1. The third-order valence-electron chi connectivity index (χ3n) is 5.87. The Labute approximate surface area is 219 Å². The number of benzene rings is 2. The molecule has 38 heavy (non-hydrogen) atoms. The zero-order valence-corrected chi connectivity index (χ0v) is 20.7. The topological polar surface area (TPSA) is 193 Å². The third-order valence-corrected chi connectivity index (χ3v) is 5.87. The molecule has 1 fully saturated rings. The number of carbonyl (C=O) groups excluding carboxylic acids is 3. The van der Waals surface area contributed by atoms with E-state index in [0.717, 1.165) is 11.3 Å². The second kappa shape index (κ2) is 13.7. The molecular weight excluding hydrogens is 494 g/mol. The normalized spacial score (nSPS) is 15.2. The number of nitrogens with zero attached hydrogens (tertiary/aromatic N) is 2. The van der Waals surface area contributed by atoms with Crippen molar-refractivity contribution < 1.29 is 24.0 Å². The van der Waals surface area contributed by atoms with Crippen LogP contribution >= 0.6 is 0 Å². The number of rotatable bonds is 12. The number of nitro groups is 1. The standard InChI is InChI=1S/C25H31N7O6/c26-25(27)29-15-5-9-21(30-23(34)20-8-4-14-28-20)24(35)31(17-10-12-18(13-11-17)32(36)37)22(33)16-38-19-6-2-1-3-7-19/h1-3,6-7,10-13,20-21,28H,4-5,8-9,14-16H2,(H,30,34)(H4,26,27,29)/t20-,21-/m0/s1. The Balaban J connectivity index is 1.85. The van der Waals surface area contributed by atoms with Gasteiger partial charge >= 0.3 is 0 Å². The van der Waals surface area contributed by atoms with E-state index < -0.39 is 35.4 Å². The highest BCUT2D eigenvalue weighted by Gasteiger charge is 2.33. The van der Waals surface area contributed by atoms with Crippen LogP contribution in [0.4, 0.5) is 11.4 Å². The lowest BCUT2D eigenvalue weighted by Crippen LogP contribution is -2.54. The van der Waals surface area contributed by atoms with Crippen LogP contribution < -0.4 is 31.3 Å². The van der Waals surface area contributed by atoms with E-state index in [4.69, 9.17) is 15.9 Å². The van der Waals surface area contributed by atoms with E-state index in [9.17, 15) is 24.5 Å². The summed E-state index contributed by atoms with van der Waals surface area (Å²) in [6, 6.07) is 12.0. The molecule has 1 aliphatic rings. The number of nitrogens with two attached hydrogens (primary N) is 1. The van der Waals surface area contributed by atoms with Gasteiger partial charge in [-0.05, 0) is 56.5 Å². The van der Waals surface area contributed by atoms with Gasteiger partial charge in [0.1, 0.15) is 11.8 Å². The van der Waals surface area contributed by atoms with Gasteiger partial charge in [-0.15, -0.1) is 0 Å². The lowest BCUT2D eigenvalue weighted by atomic mass is 10.1. The maximum absolute atomic E-state index is 13.8. The van der Waals surface area contributed by atoms with Gasteiger partial charge in [-0.1, -0.05) is 18.2 Å². The van der Waals surface area contributed by atoms with E-state index in [2.05, 4.69) is 16.0 Å². The van der Waals surface area contributed by atoms with Crippen LogP contribution in [0.1, 0.15) is 25.7 Å². The van der Waals surface area contributed by atoms with Crippen molar-refractivity contribution in [1.29, 1.82) is 5.41 Å². The lowest BCUT2D eigenvalue weighted by Gasteiger charge is -2.27. The number of carbonyl (C=O) groups is 3. The first kappa shape index (κ1) is 28.1. The van der Waals surface area contributed by atoms with Crippen molar-refractivity contribution >= 4 is 35.1 Å². The van der Waals surface area contributed by atoms with Crippen LogP contribution in [0.25, 0.3) is 0 Å². The molecule has 13 nitrogen and oxygen atoms in total. The SMILES string of the molecule is N=C(N)NCCC[C@H](NC(=O)[C@@H]1CCCN1)C(=O)N(C(=O)COc1ccccc1)c1ccc([N+](=O)[O-])cc1. The molecule has 0 spiro atoms. The van der Waals surface area contributed by atoms with Crippen LogP contribution in [0.2, 0.25) is 0 Å². The van der Waals surface area contributed by atoms with Crippen LogP contribution in [-0.4, -0.2) is 60.4 Å². The van der Waals surface area contributed by atoms with E-state index in [-0.39, 0.29) is 36.2 Å². The van der Waals surface area contributed by atoms with Gasteiger partial charge in [0, 0.05) is 18.7 Å². The third kappa shape index (κ3) is 8.00.